The number of nitro groups is 1. The molecule has 1 fully saturated rings. The lowest BCUT2D eigenvalue weighted by Gasteiger charge is -2.17. The minimum absolute atomic E-state index is 0.0353. The second-order valence-corrected chi connectivity index (χ2v) is 5.21. The second-order valence-electron chi connectivity index (χ2n) is 5.21. The van der Waals surface area contributed by atoms with E-state index in [1.807, 2.05) is 20.8 Å². The maximum absolute atomic E-state index is 11.2. The summed E-state index contributed by atoms with van der Waals surface area (Å²) in [5.74, 6) is -0.195. The molecule has 2 rings (SSSR count). The first-order valence-electron chi connectivity index (χ1n) is 6.60. The fourth-order valence-corrected chi connectivity index (χ4v) is 2.27. The van der Waals surface area contributed by atoms with Crippen molar-refractivity contribution in [3.8, 4) is 0 Å². The molecule has 2 heterocycles. The Labute approximate surface area is 117 Å². The first-order chi connectivity index (χ1) is 9.34. The summed E-state index contributed by atoms with van der Waals surface area (Å²) in [6.07, 6.45) is 0.381. The molecule has 0 aromatic carbocycles. The molecule has 0 aliphatic carbocycles. The quantitative estimate of drug-likeness (QED) is 0.650. The first-order valence-corrected chi connectivity index (χ1v) is 6.60. The number of ether oxygens (including phenoxy) is 2. The van der Waals surface area contributed by atoms with Crippen LogP contribution in [0.15, 0.2) is 0 Å². The van der Waals surface area contributed by atoms with E-state index in [1.165, 1.54) is 4.68 Å². The van der Waals surface area contributed by atoms with Crippen LogP contribution < -0.4 is 5.32 Å². The summed E-state index contributed by atoms with van der Waals surface area (Å²) in [7, 11) is 1.68. The van der Waals surface area contributed by atoms with Crippen molar-refractivity contribution in [3.05, 3.63) is 15.8 Å². The van der Waals surface area contributed by atoms with E-state index >= 15 is 0 Å². The van der Waals surface area contributed by atoms with Gasteiger partial charge < -0.3 is 14.8 Å². The summed E-state index contributed by atoms with van der Waals surface area (Å²) in [4.78, 5) is 10.8. The summed E-state index contributed by atoms with van der Waals surface area (Å²) < 4.78 is 12.6. The zero-order valence-corrected chi connectivity index (χ0v) is 12.2. The molecule has 0 amide bonds. The van der Waals surface area contributed by atoms with Crippen LogP contribution in [0.4, 0.5) is 11.5 Å². The molecule has 1 unspecified atom stereocenters. The van der Waals surface area contributed by atoms with E-state index in [0.29, 0.717) is 31.1 Å². The molecular weight excluding hydrogens is 264 g/mol. The zero-order chi connectivity index (χ0) is 14.9. The van der Waals surface area contributed by atoms with Crippen LogP contribution in [0.2, 0.25) is 0 Å². The van der Waals surface area contributed by atoms with Crippen molar-refractivity contribution in [3.63, 3.8) is 0 Å². The van der Waals surface area contributed by atoms with E-state index in [4.69, 9.17) is 9.47 Å². The Hall–Kier alpha value is -1.67. The standard InChI is InChI=1S/C12H20N4O4/c1-5-9-10(16(17)18)11(15(4)14-9)13-6-8-7-19-12(2,3)20-8/h8,13H,5-7H2,1-4H3. The molecule has 0 saturated carbocycles. The van der Waals surface area contributed by atoms with Gasteiger partial charge >= 0.3 is 5.69 Å². The van der Waals surface area contributed by atoms with Crippen molar-refractivity contribution >= 4 is 11.5 Å². The smallest absolute Gasteiger partial charge is 0.333 e. The Balaban J connectivity index is 2.10. The van der Waals surface area contributed by atoms with Crippen molar-refractivity contribution in [2.75, 3.05) is 18.5 Å². The normalized spacial score (nSPS) is 21.1. The monoisotopic (exact) mass is 284 g/mol. The van der Waals surface area contributed by atoms with Crippen molar-refractivity contribution < 1.29 is 14.4 Å². The van der Waals surface area contributed by atoms with Gasteiger partial charge in [0.05, 0.1) is 11.5 Å². The molecule has 1 saturated heterocycles. The van der Waals surface area contributed by atoms with Crippen LogP contribution in [0.1, 0.15) is 26.5 Å². The van der Waals surface area contributed by atoms with E-state index in [9.17, 15) is 10.1 Å². The fraction of sp³-hybridized carbons (Fsp3) is 0.750. The summed E-state index contributed by atoms with van der Waals surface area (Å²) in [5.41, 5.74) is 0.511. The number of aryl methyl sites for hydroxylation is 2. The predicted octanol–water partition coefficient (Wildman–Crippen LogP) is 1.45. The molecule has 1 aromatic heterocycles. The topological polar surface area (TPSA) is 91.5 Å². The van der Waals surface area contributed by atoms with Gasteiger partial charge in [-0.1, -0.05) is 6.92 Å². The van der Waals surface area contributed by atoms with Crippen LogP contribution in [0.25, 0.3) is 0 Å². The van der Waals surface area contributed by atoms with Crippen molar-refractivity contribution in [2.24, 2.45) is 7.05 Å². The third kappa shape index (κ3) is 2.91. The number of hydrogen-bond donors (Lipinski definition) is 1. The Morgan fingerprint density at radius 3 is 2.80 bits per heavy atom. The third-order valence-corrected chi connectivity index (χ3v) is 3.17. The molecule has 112 valence electrons. The van der Waals surface area contributed by atoms with Gasteiger partial charge in [-0.25, -0.2) is 4.68 Å². The van der Waals surface area contributed by atoms with Crippen LogP contribution in [0.3, 0.4) is 0 Å². The van der Waals surface area contributed by atoms with Crippen LogP contribution in [0.5, 0.6) is 0 Å². The van der Waals surface area contributed by atoms with Crippen LogP contribution in [0, 0.1) is 10.1 Å². The molecule has 1 aliphatic heterocycles. The Morgan fingerprint density at radius 1 is 1.60 bits per heavy atom. The van der Waals surface area contributed by atoms with Gasteiger partial charge in [0.15, 0.2) is 5.79 Å². The van der Waals surface area contributed by atoms with Crippen molar-refractivity contribution in [2.45, 2.75) is 39.1 Å². The molecular formula is C12H20N4O4. The summed E-state index contributed by atoms with van der Waals surface area (Å²) in [5, 5.41) is 18.4. The van der Waals surface area contributed by atoms with E-state index in [2.05, 4.69) is 10.4 Å². The minimum atomic E-state index is -0.598. The molecule has 8 nitrogen and oxygen atoms in total. The molecule has 8 heteroatoms. The molecule has 20 heavy (non-hydrogen) atoms. The molecule has 0 spiro atoms. The lowest BCUT2D eigenvalue weighted by molar-refractivity contribution is -0.384. The lowest BCUT2D eigenvalue weighted by atomic mass is 10.3. The van der Waals surface area contributed by atoms with Crippen molar-refractivity contribution in [1.29, 1.82) is 0 Å². The van der Waals surface area contributed by atoms with Gasteiger partial charge in [-0.15, -0.1) is 0 Å². The number of rotatable bonds is 5. The molecule has 0 radical (unpaired) electrons. The van der Waals surface area contributed by atoms with Crippen LogP contribution >= 0.6 is 0 Å². The highest BCUT2D eigenvalue weighted by molar-refractivity contribution is 5.59. The third-order valence-electron chi connectivity index (χ3n) is 3.17. The van der Waals surface area contributed by atoms with Gasteiger partial charge in [-0.2, -0.15) is 5.10 Å². The number of nitrogens with zero attached hydrogens (tertiary/aromatic N) is 3. The van der Waals surface area contributed by atoms with Gasteiger partial charge in [0.2, 0.25) is 5.82 Å². The Morgan fingerprint density at radius 2 is 2.30 bits per heavy atom. The number of nitrogens with one attached hydrogen (secondary N) is 1. The minimum Gasteiger partial charge on any atom is -0.362 e. The van der Waals surface area contributed by atoms with Crippen molar-refractivity contribution in [1.82, 2.24) is 9.78 Å². The van der Waals surface area contributed by atoms with Gasteiger partial charge in [0, 0.05) is 13.6 Å². The van der Waals surface area contributed by atoms with Gasteiger partial charge in [0.25, 0.3) is 0 Å². The van der Waals surface area contributed by atoms with Gasteiger partial charge in [-0.05, 0) is 20.3 Å². The largest absolute Gasteiger partial charge is 0.362 e. The van der Waals surface area contributed by atoms with E-state index < -0.39 is 10.7 Å². The summed E-state index contributed by atoms with van der Waals surface area (Å²) in [6, 6.07) is 0. The van der Waals surface area contributed by atoms with E-state index in [1.54, 1.807) is 7.05 Å². The average molecular weight is 284 g/mol. The first kappa shape index (κ1) is 14.7. The zero-order valence-electron chi connectivity index (χ0n) is 12.2. The molecule has 1 aliphatic rings. The molecule has 1 atom stereocenters. The highest BCUT2D eigenvalue weighted by Crippen LogP contribution is 2.29. The van der Waals surface area contributed by atoms with Crippen LogP contribution in [-0.4, -0.2) is 39.7 Å². The number of hydrogen-bond acceptors (Lipinski definition) is 6. The average Bonchev–Trinajstić information content (AvgIpc) is 2.86. The summed E-state index contributed by atoms with van der Waals surface area (Å²) in [6.45, 7) is 6.43. The van der Waals surface area contributed by atoms with Gasteiger partial charge in [-0.3, -0.25) is 10.1 Å². The fourth-order valence-electron chi connectivity index (χ4n) is 2.27. The predicted molar refractivity (Wildman–Crippen MR) is 72.6 cm³/mol. The summed E-state index contributed by atoms with van der Waals surface area (Å²) >= 11 is 0. The number of anilines is 1. The maximum Gasteiger partial charge on any atom is 0.333 e. The van der Waals surface area contributed by atoms with E-state index in [0.717, 1.165) is 0 Å². The highest BCUT2D eigenvalue weighted by Gasteiger charge is 2.33. The SMILES string of the molecule is CCc1nn(C)c(NCC2COC(C)(C)O2)c1[N+](=O)[O-]. The Kier molecular flexibility index (Phi) is 3.96. The molecule has 1 aromatic rings. The van der Waals surface area contributed by atoms with Crippen LogP contribution in [-0.2, 0) is 22.9 Å². The van der Waals surface area contributed by atoms with E-state index in [-0.39, 0.29) is 11.8 Å². The van der Waals surface area contributed by atoms with Gasteiger partial charge in [0.1, 0.15) is 11.8 Å². The molecule has 1 N–H and O–H groups in total. The number of aromatic nitrogens is 2. The maximum atomic E-state index is 11.2. The Bertz CT molecular complexity index is 512. The lowest BCUT2D eigenvalue weighted by Crippen LogP contribution is -2.26. The second kappa shape index (κ2) is 5.37. The molecule has 0 bridgehead atoms. The highest BCUT2D eigenvalue weighted by atomic mass is 16.7.